The molecule has 8 nitrogen and oxygen atoms in total. The van der Waals surface area contributed by atoms with Gasteiger partial charge in [0.15, 0.2) is 17.2 Å². The Kier molecular flexibility index (Phi) is 8.76. The van der Waals surface area contributed by atoms with E-state index >= 15 is 0 Å². The lowest BCUT2D eigenvalue weighted by Gasteiger charge is -2.26. The van der Waals surface area contributed by atoms with Crippen LogP contribution in [-0.4, -0.2) is 42.5 Å². The molecule has 1 aromatic carbocycles. The Morgan fingerprint density at radius 3 is 2.41 bits per heavy atom. The van der Waals surface area contributed by atoms with E-state index in [1.807, 2.05) is 30.3 Å². The quantitative estimate of drug-likeness (QED) is 0.335. The number of hydrogen-bond donors (Lipinski definition) is 0. The van der Waals surface area contributed by atoms with Crippen LogP contribution in [0.2, 0.25) is 0 Å². The fourth-order valence-electron chi connectivity index (χ4n) is 3.52. The third kappa shape index (κ3) is 6.87. The summed E-state index contributed by atoms with van der Waals surface area (Å²) in [7, 11) is 1.40. The van der Waals surface area contributed by atoms with Crippen LogP contribution in [0.1, 0.15) is 62.2 Å². The molecule has 0 aliphatic heterocycles. The van der Waals surface area contributed by atoms with E-state index < -0.39 is 35.8 Å². The lowest BCUT2D eigenvalue weighted by Crippen LogP contribution is -2.29. The first-order valence-electron chi connectivity index (χ1n) is 11.4. The summed E-state index contributed by atoms with van der Waals surface area (Å²) in [6, 6.07) is 11.1. The number of rotatable bonds is 12. The Hall–Kier alpha value is -3.26. The van der Waals surface area contributed by atoms with E-state index in [1.165, 1.54) is 26.3 Å². The first-order chi connectivity index (χ1) is 16.3. The number of carbonyl (C=O) groups is 3. The van der Waals surface area contributed by atoms with Gasteiger partial charge in [-0.1, -0.05) is 37.3 Å². The first-order valence-corrected chi connectivity index (χ1v) is 11.4. The molecule has 1 fully saturated rings. The van der Waals surface area contributed by atoms with Gasteiger partial charge in [-0.3, -0.25) is 14.4 Å². The van der Waals surface area contributed by atoms with Gasteiger partial charge >= 0.3 is 11.9 Å². The molecule has 3 atom stereocenters. The summed E-state index contributed by atoms with van der Waals surface area (Å²) in [4.78, 5) is 41.3. The van der Waals surface area contributed by atoms with Crippen LogP contribution < -0.4 is 9.47 Å². The number of benzene rings is 1. The van der Waals surface area contributed by atoms with E-state index in [9.17, 15) is 14.4 Å². The Morgan fingerprint density at radius 2 is 1.79 bits per heavy atom. The molecule has 1 heterocycles. The van der Waals surface area contributed by atoms with E-state index in [1.54, 1.807) is 13.8 Å². The molecule has 3 rings (SSSR count). The van der Waals surface area contributed by atoms with Gasteiger partial charge in [0.05, 0.1) is 19.6 Å². The molecule has 0 saturated heterocycles. The molecule has 182 valence electrons. The maximum atomic E-state index is 12.9. The highest BCUT2D eigenvalue weighted by molar-refractivity contribution is 5.99. The SMILES string of the molecule is COc1ccnc(C(=O)C[C@@H](C)C(=O)O[C@@H](C)[C@H](OCC2CC2)c2ccccc2)c1OC(C)=O. The molecule has 8 heteroatoms. The van der Waals surface area contributed by atoms with Crippen LogP contribution >= 0.6 is 0 Å². The van der Waals surface area contributed by atoms with Gasteiger partial charge in [0.25, 0.3) is 0 Å². The van der Waals surface area contributed by atoms with Crippen LogP contribution in [0.5, 0.6) is 11.5 Å². The zero-order chi connectivity index (χ0) is 24.7. The lowest BCUT2D eigenvalue weighted by atomic mass is 10.0. The molecule has 1 aliphatic rings. The molecule has 0 unspecified atom stereocenters. The summed E-state index contributed by atoms with van der Waals surface area (Å²) < 4.78 is 22.1. The summed E-state index contributed by atoms with van der Waals surface area (Å²) in [6.07, 6.45) is 2.58. The number of pyridine rings is 1. The Balaban J connectivity index is 1.66. The zero-order valence-corrected chi connectivity index (χ0v) is 20.0. The summed E-state index contributed by atoms with van der Waals surface area (Å²) >= 11 is 0. The minimum atomic E-state index is -0.743. The largest absolute Gasteiger partial charge is 0.493 e. The van der Waals surface area contributed by atoms with Gasteiger partial charge in [0, 0.05) is 25.6 Å². The van der Waals surface area contributed by atoms with Crippen molar-refractivity contribution < 1.29 is 33.3 Å². The number of nitrogens with zero attached hydrogens (tertiary/aromatic N) is 1. The highest BCUT2D eigenvalue weighted by Gasteiger charge is 2.31. The fraction of sp³-hybridized carbons (Fsp3) is 0.462. The van der Waals surface area contributed by atoms with Crippen molar-refractivity contribution in [2.75, 3.05) is 13.7 Å². The number of methoxy groups -OCH3 is 1. The Morgan fingerprint density at radius 1 is 1.09 bits per heavy atom. The van der Waals surface area contributed by atoms with Crippen LogP contribution in [0.3, 0.4) is 0 Å². The number of carbonyl (C=O) groups excluding carboxylic acids is 3. The number of Topliss-reactive ketones (excluding diaryl/α,β-unsaturated/α-hetero) is 1. The topological polar surface area (TPSA) is 101 Å². The number of ketones is 1. The van der Waals surface area contributed by atoms with Crippen molar-refractivity contribution in [3.8, 4) is 11.5 Å². The summed E-state index contributed by atoms with van der Waals surface area (Å²) in [5, 5.41) is 0. The smallest absolute Gasteiger partial charge is 0.309 e. The van der Waals surface area contributed by atoms with Crippen LogP contribution in [0.4, 0.5) is 0 Å². The van der Waals surface area contributed by atoms with Gasteiger partial charge < -0.3 is 18.9 Å². The monoisotopic (exact) mass is 469 g/mol. The second kappa shape index (κ2) is 11.7. The van der Waals surface area contributed by atoms with Crippen molar-refractivity contribution in [1.29, 1.82) is 0 Å². The molecule has 0 amide bonds. The molecule has 1 aliphatic carbocycles. The molecule has 1 saturated carbocycles. The Bertz CT molecular complexity index is 1000. The third-order valence-corrected chi connectivity index (χ3v) is 5.56. The minimum absolute atomic E-state index is 0.0611. The number of ether oxygens (including phenoxy) is 4. The second-order valence-electron chi connectivity index (χ2n) is 8.56. The van der Waals surface area contributed by atoms with Gasteiger partial charge in [-0.05, 0) is 31.2 Å². The third-order valence-electron chi connectivity index (χ3n) is 5.56. The molecule has 1 aromatic heterocycles. The Labute approximate surface area is 199 Å². The summed E-state index contributed by atoms with van der Waals surface area (Å²) in [6.45, 7) is 5.24. The standard InChI is InChI=1S/C26H31NO7/c1-16(14-21(29)23-25(34-18(3)28)22(31-4)12-13-27-23)26(30)33-17(2)24(32-15-19-10-11-19)20-8-6-5-7-9-20/h5-9,12-13,16-17,19,24H,10-11,14-15H2,1-4H3/t16-,17+,24+/m1/s1. The van der Waals surface area contributed by atoms with Gasteiger partial charge in [-0.2, -0.15) is 0 Å². The molecule has 34 heavy (non-hydrogen) atoms. The maximum Gasteiger partial charge on any atom is 0.309 e. The fourth-order valence-corrected chi connectivity index (χ4v) is 3.52. The predicted molar refractivity (Wildman–Crippen MR) is 124 cm³/mol. The van der Waals surface area contributed by atoms with Crippen LogP contribution in [0.25, 0.3) is 0 Å². The van der Waals surface area contributed by atoms with E-state index in [0.717, 1.165) is 18.4 Å². The predicted octanol–water partition coefficient (Wildman–Crippen LogP) is 4.32. The van der Waals surface area contributed by atoms with Crippen LogP contribution in [0.15, 0.2) is 42.6 Å². The van der Waals surface area contributed by atoms with Gasteiger partial charge in [0.1, 0.15) is 12.2 Å². The van der Waals surface area contributed by atoms with Crippen molar-refractivity contribution in [2.24, 2.45) is 11.8 Å². The van der Waals surface area contributed by atoms with E-state index in [4.69, 9.17) is 18.9 Å². The molecule has 2 aromatic rings. The van der Waals surface area contributed by atoms with Gasteiger partial charge in [-0.25, -0.2) is 4.98 Å². The lowest BCUT2D eigenvalue weighted by molar-refractivity contribution is -0.161. The van der Waals surface area contributed by atoms with Crippen molar-refractivity contribution in [2.45, 2.75) is 52.2 Å². The highest BCUT2D eigenvalue weighted by atomic mass is 16.6. The number of aromatic nitrogens is 1. The summed E-state index contributed by atoms with van der Waals surface area (Å²) in [5.41, 5.74) is 0.857. The van der Waals surface area contributed by atoms with Crippen molar-refractivity contribution >= 4 is 17.7 Å². The van der Waals surface area contributed by atoms with Crippen LogP contribution in [0, 0.1) is 11.8 Å². The summed E-state index contributed by atoms with van der Waals surface area (Å²) in [5.74, 6) is -1.63. The van der Waals surface area contributed by atoms with Crippen molar-refractivity contribution in [1.82, 2.24) is 4.98 Å². The van der Waals surface area contributed by atoms with Crippen molar-refractivity contribution in [3.63, 3.8) is 0 Å². The second-order valence-corrected chi connectivity index (χ2v) is 8.56. The average molecular weight is 470 g/mol. The van der Waals surface area contributed by atoms with Crippen LogP contribution in [-0.2, 0) is 19.1 Å². The zero-order valence-electron chi connectivity index (χ0n) is 20.0. The maximum absolute atomic E-state index is 12.9. The molecule has 0 spiro atoms. The highest BCUT2D eigenvalue weighted by Crippen LogP contribution is 2.33. The van der Waals surface area contributed by atoms with Crippen molar-refractivity contribution in [3.05, 3.63) is 53.9 Å². The van der Waals surface area contributed by atoms with Gasteiger partial charge in [0.2, 0.25) is 5.75 Å². The molecule has 0 N–H and O–H groups in total. The molecular formula is C26H31NO7. The molecule has 0 radical (unpaired) electrons. The normalized spacial score (nSPS) is 15.6. The minimum Gasteiger partial charge on any atom is -0.493 e. The van der Waals surface area contributed by atoms with Gasteiger partial charge in [-0.15, -0.1) is 0 Å². The average Bonchev–Trinajstić information content (AvgIpc) is 3.64. The number of hydrogen-bond acceptors (Lipinski definition) is 8. The van der Waals surface area contributed by atoms with E-state index in [-0.39, 0.29) is 23.6 Å². The van der Waals surface area contributed by atoms with E-state index in [0.29, 0.717) is 12.5 Å². The molecule has 0 bridgehead atoms. The molecular weight excluding hydrogens is 438 g/mol. The number of esters is 2. The first kappa shape index (κ1) is 25.4. The van der Waals surface area contributed by atoms with E-state index in [2.05, 4.69) is 4.98 Å².